The van der Waals surface area contributed by atoms with Gasteiger partial charge in [-0.1, -0.05) is 24.3 Å². The van der Waals surface area contributed by atoms with E-state index in [1.165, 1.54) is 0 Å². The molecule has 6 nitrogen and oxygen atoms in total. The maximum absolute atomic E-state index is 14.3. The molecular formula is C23H12F6N2O4. The number of anilines is 2. The van der Waals surface area contributed by atoms with E-state index >= 15 is 0 Å². The topological polar surface area (TPSA) is 74.8 Å². The van der Waals surface area contributed by atoms with Crippen LogP contribution in [0.25, 0.3) is 0 Å². The number of carbonyl (C=O) groups is 4. The van der Waals surface area contributed by atoms with Gasteiger partial charge in [-0.3, -0.25) is 19.2 Å². The molecule has 0 atom stereocenters. The van der Waals surface area contributed by atoms with Gasteiger partial charge in [0.1, 0.15) is 0 Å². The molecule has 180 valence electrons. The van der Waals surface area contributed by atoms with E-state index in [1.807, 2.05) is 0 Å². The quantitative estimate of drug-likeness (QED) is 0.477. The van der Waals surface area contributed by atoms with E-state index in [0.717, 1.165) is 48.6 Å². The largest absolute Gasteiger partial charge is 0.411 e. The van der Waals surface area contributed by atoms with Crippen molar-refractivity contribution in [2.45, 2.75) is 17.8 Å². The van der Waals surface area contributed by atoms with Crippen molar-refractivity contribution in [2.24, 2.45) is 0 Å². The lowest BCUT2D eigenvalue weighted by Crippen LogP contribution is -2.54. The monoisotopic (exact) mass is 494 g/mol. The molecule has 0 spiro atoms. The van der Waals surface area contributed by atoms with Gasteiger partial charge in [0.15, 0.2) is 0 Å². The molecule has 4 rings (SSSR count). The lowest BCUT2D eigenvalue weighted by atomic mass is 9.73. The molecule has 0 N–H and O–H groups in total. The van der Waals surface area contributed by atoms with E-state index in [9.17, 15) is 45.5 Å². The van der Waals surface area contributed by atoms with Crippen LogP contribution in [0.3, 0.4) is 0 Å². The summed E-state index contributed by atoms with van der Waals surface area (Å²) in [6.07, 6.45) is -8.10. The lowest BCUT2D eigenvalue weighted by molar-refractivity contribution is -0.288. The molecule has 2 heterocycles. The van der Waals surface area contributed by atoms with Gasteiger partial charge in [-0.2, -0.15) is 26.3 Å². The van der Waals surface area contributed by atoms with Crippen molar-refractivity contribution >= 4 is 35.0 Å². The summed E-state index contributed by atoms with van der Waals surface area (Å²) in [6.45, 7) is 0. The first-order valence-corrected chi connectivity index (χ1v) is 9.76. The van der Waals surface area contributed by atoms with Gasteiger partial charge in [-0.25, -0.2) is 9.80 Å². The Kier molecular flexibility index (Phi) is 5.42. The molecule has 2 aromatic carbocycles. The van der Waals surface area contributed by atoms with Crippen molar-refractivity contribution in [2.75, 3.05) is 9.80 Å². The molecule has 0 radical (unpaired) electrons. The fraction of sp³-hybridized carbons (Fsp3) is 0.130. The minimum absolute atomic E-state index is 0.207. The van der Waals surface area contributed by atoms with E-state index < -0.39 is 52.5 Å². The average Bonchev–Trinajstić information content (AvgIpc) is 3.28. The number of halogens is 6. The lowest BCUT2D eigenvalue weighted by Gasteiger charge is -2.38. The minimum Gasteiger partial charge on any atom is -0.269 e. The number of imide groups is 2. The van der Waals surface area contributed by atoms with E-state index in [-0.39, 0.29) is 11.4 Å². The third kappa shape index (κ3) is 3.61. The Bertz CT molecular complexity index is 1150. The van der Waals surface area contributed by atoms with Crippen LogP contribution in [-0.2, 0) is 24.6 Å². The molecule has 4 amide bonds. The summed E-state index contributed by atoms with van der Waals surface area (Å²) >= 11 is 0. The second kappa shape index (κ2) is 7.93. The number of amides is 4. The molecule has 2 aromatic rings. The molecule has 0 aliphatic carbocycles. The van der Waals surface area contributed by atoms with Gasteiger partial charge in [0.25, 0.3) is 23.6 Å². The summed E-state index contributed by atoms with van der Waals surface area (Å²) in [5, 5.41) is 0. The number of alkyl halides is 6. The van der Waals surface area contributed by atoms with Crippen LogP contribution >= 0.6 is 0 Å². The third-order valence-corrected chi connectivity index (χ3v) is 5.59. The van der Waals surface area contributed by atoms with Crippen LogP contribution in [0.2, 0.25) is 0 Å². The highest BCUT2D eigenvalue weighted by atomic mass is 19.4. The van der Waals surface area contributed by atoms with Gasteiger partial charge >= 0.3 is 12.4 Å². The minimum atomic E-state index is -5.88. The van der Waals surface area contributed by atoms with Gasteiger partial charge in [-0.05, 0) is 35.4 Å². The Hall–Kier alpha value is -4.22. The molecule has 12 heteroatoms. The highest BCUT2D eigenvalue weighted by molar-refractivity contribution is 6.28. The van der Waals surface area contributed by atoms with Gasteiger partial charge < -0.3 is 0 Å². The van der Waals surface area contributed by atoms with Crippen LogP contribution < -0.4 is 9.80 Å². The zero-order valence-electron chi connectivity index (χ0n) is 17.2. The van der Waals surface area contributed by atoms with Crippen molar-refractivity contribution in [1.29, 1.82) is 0 Å². The predicted octanol–water partition coefficient (Wildman–Crippen LogP) is 3.96. The molecule has 0 saturated heterocycles. The fourth-order valence-corrected chi connectivity index (χ4v) is 4.01. The first-order valence-electron chi connectivity index (χ1n) is 9.76. The molecule has 0 saturated carbocycles. The van der Waals surface area contributed by atoms with Crippen LogP contribution in [0.1, 0.15) is 11.1 Å². The molecule has 0 bridgehead atoms. The Balaban J connectivity index is 1.84. The number of rotatable bonds is 4. The number of benzene rings is 2. The molecule has 2 aliphatic heterocycles. The Labute approximate surface area is 192 Å². The smallest absolute Gasteiger partial charge is 0.269 e. The Morgan fingerprint density at radius 1 is 0.457 bits per heavy atom. The first-order chi connectivity index (χ1) is 16.3. The second-order valence-electron chi connectivity index (χ2n) is 7.53. The van der Waals surface area contributed by atoms with Gasteiger partial charge in [-0.15, -0.1) is 0 Å². The van der Waals surface area contributed by atoms with E-state index in [4.69, 9.17) is 0 Å². The summed E-state index contributed by atoms with van der Waals surface area (Å²) in [5.41, 5.74) is -7.33. The molecule has 2 aliphatic rings. The zero-order valence-corrected chi connectivity index (χ0v) is 17.2. The molecule has 0 unspecified atom stereocenters. The summed E-state index contributed by atoms with van der Waals surface area (Å²) in [4.78, 5) is 48.4. The highest BCUT2D eigenvalue weighted by Crippen LogP contribution is 2.56. The third-order valence-electron chi connectivity index (χ3n) is 5.59. The number of carbonyl (C=O) groups excluding carboxylic acids is 4. The maximum Gasteiger partial charge on any atom is 0.411 e. The molecule has 0 aromatic heterocycles. The van der Waals surface area contributed by atoms with E-state index in [1.54, 1.807) is 0 Å². The van der Waals surface area contributed by atoms with Crippen LogP contribution in [0.5, 0.6) is 0 Å². The van der Waals surface area contributed by atoms with Gasteiger partial charge in [0, 0.05) is 24.3 Å². The maximum atomic E-state index is 14.3. The van der Waals surface area contributed by atoms with Crippen LogP contribution in [0.15, 0.2) is 72.8 Å². The molecular weight excluding hydrogens is 482 g/mol. The van der Waals surface area contributed by atoms with Crippen LogP contribution in [0, 0.1) is 0 Å². The summed E-state index contributed by atoms with van der Waals surface area (Å²) in [7, 11) is 0. The summed E-state index contributed by atoms with van der Waals surface area (Å²) in [5.74, 6) is -3.18. The number of hydrogen-bond acceptors (Lipinski definition) is 4. The van der Waals surface area contributed by atoms with Crippen LogP contribution in [-0.4, -0.2) is 36.0 Å². The molecule has 0 fully saturated rings. The predicted molar refractivity (Wildman–Crippen MR) is 109 cm³/mol. The van der Waals surface area contributed by atoms with Crippen molar-refractivity contribution in [3.05, 3.63) is 84.0 Å². The van der Waals surface area contributed by atoms with E-state index in [0.29, 0.717) is 34.1 Å². The zero-order chi connectivity index (χ0) is 25.8. The summed E-state index contributed by atoms with van der Waals surface area (Å²) < 4.78 is 85.9. The SMILES string of the molecule is O=C1C=CC(=O)N1c1ccc(C(c2ccc(N3C(=O)C=CC3=O)cc2)(C(F)(F)F)C(F)(F)F)cc1. The van der Waals surface area contributed by atoms with Crippen molar-refractivity contribution in [1.82, 2.24) is 0 Å². The van der Waals surface area contributed by atoms with Gasteiger partial charge in [0.2, 0.25) is 5.41 Å². The standard InChI is InChI=1S/C23H12F6N2O4/c24-22(25,26)21(23(27,28)29,13-1-5-15(6-2-13)30-17(32)9-10-18(30)33)14-3-7-16(8-4-14)31-19(34)11-12-20(31)35/h1-12H. The van der Waals surface area contributed by atoms with E-state index in [2.05, 4.69) is 0 Å². The fourth-order valence-electron chi connectivity index (χ4n) is 4.01. The van der Waals surface area contributed by atoms with Gasteiger partial charge in [0.05, 0.1) is 11.4 Å². The Morgan fingerprint density at radius 3 is 0.943 bits per heavy atom. The van der Waals surface area contributed by atoms with Crippen molar-refractivity contribution in [3.63, 3.8) is 0 Å². The normalized spacial score (nSPS) is 16.7. The highest BCUT2D eigenvalue weighted by Gasteiger charge is 2.72. The van der Waals surface area contributed by atoms with Crippen molar-refractivity contribution < 1.29 is 45.5 Å². The Morgan fingerprint density at radius 2 is 0.714 bits per heavy atom. The average molecular weight is 494 g/mol. The first kappa shape index (κ1) is 23.9. The summed E-state index contributed by atoms with van der Waals surface area (Å²) in [6, 6.07) is 5.41. The number of nitrogens with zero attached hydrogens (tertiary/aromatic N) is 2. The second-order valence-corrected chi connectivity index (χ2v) is 7.53. The molecule has 35 heavy (non-hydrogen) atoms. The number of hydrogen-bond donors (Lipinski definition) is 0. The van der Waals surface area contributed by atoms with Crippen LogP contribution in [0.4, 0.5) is 37.7 Å². The van der Waals surface area contributed by atoms with Crippen molar-refractivity contribution in [3.8, 4) is 0 Å².